The van der Waals surface area contributed by atoms with Gasteiger partial charge in [0.1, 0.15) is 54.4 Å². The van der Waals surface area contributed by atoms with Gasteiger partial charge in [0.15, 0.2) is 12.6 Å². The Hall–Kier alpha value is -3.09. The van der Waals surface area contributed by atoms with Crippen LogP contribution in [0.2, 0.25) is 0 Å². The summed E-state index contributed by atoms with van der Waals surface area (Å²) in [6.07, 6.45) is -13.0. The normalized spacial score (nSPS) is 44.5. The topological polar surface area (TPSA) is 340 Å². The van der Waals surface area contributed by atoms with E-state index in [9.17, 15) is 65.4 Å². The van der Waals surface area contributed by atoms with Crippen molar-refractivity contribution in [3.05, 3.63) is 35.9 Å². The van der Waals surface area contributed by atoms with Crippen molar-refractivity contribution in [1.82, 2.24) is 20.0 Å². The molecule has 11 N–H and O–H groups in total. The van der Waals surface area contributed by atoms with Crippen molar-refractivity contribution < 1.29 is 98.6 Å². The molecule has 0 radical (unpaired) electrons. The number of ether oxygens (including phenoxy) is 7. The molecule has 4 saturated heterocycles. The van der Waals surface area contributed by atoms with E-state index in [2.05, 4.69) is 5.32 Å². The Morgan fingerprint density at radius 2 is 1.02 bits per heavy atom. The van der Waals surface area contributed by atoms with Gasteiger partial charge in [-0.15, -0.1) is 0 Å². The van der Waals surface area contributed by atoms with Gasteiger partial charge >= 0.3 is 11.9 Å². The zero-order valence-corrected chi connectivity index (χ0v) is 58.2. The Morgan fingerprint density at radius 3 is 1.42 bits per heavy atom. The van der Waals surface area contributed by atoms with Crippen molar-refractivity contribution >= 4 is 17.8 Å². The van der Waals surface area contributed by atoms with E-state index in [1.165, 1.54) is 32.6 Å². The van der Waals surface area contributed by atoms with E-state index in [-0.39, 0.29) is 68.8 Å². The van der Waals surface area contributed by atoms with E-state index in [4.69, 9.17) is 33.2 Å². The fraction of sp³-hybridized carbons (Fsp3) is 0.866. The molecule has 4 fully saturated rings. The molecule has 0 spiro atoms. The van der Waals surface area contributed by atoms with Crippen LogP contribution in [-0.2, 0) is 54.1 Å². The van der Waals surface area contributed by atoms with Gasteiger partial charge in [-0.1, -0.05) is 71.9 Å². The lowest BCUT2D eigenvalue weighted by Gasteiger charge is -2.47. The number of nitrogens with one attached hydrogen (secondary N) is 1. The van der Waals surface area contributed by atoms with Crippen molar-refractivity contribution in [2.75, 3.05) is 47.9 Å². The van der Waals surface area contributed by atoms with Crippen LogP contribution in [-0.4, -0.2) is 264 Å². The first kappa shape index (κ1) is 80.3. The van der Waals surface area contributed by atoms with Gasteiger partial charge in [-0.05, 0) is 146 Å². The molecule has 0 aromatic heterocycles. The molecule has 4 aliphatic heterocycles. The molecule has 24 heteroatoms. The molecule has 91 heavy (non-hydrogen) atoms. The van der Waals surface area contributed by atoms with Crippen LogP contribution in [0.5, 0.6) is 0 Å². The molecule has 1 amide bonds. The Labute approximate surface area is 542 Å². The number of likely N-dealkylation sites (N-methyl/N-ethyl adjacent to an activating group) is 4. The van der Waals surface area contributed by atoms with Crippen LogP contribution < -0.4 is 5.32 Å². The number of aliphatic hydroxyl groups excluding tert-OH is 6. The van der Waals surface area contributed by atoms with Crippen LogP contribution in [0.15, 0.2) is 30.3 Å². The highest BCUT2D eigenvalue weighted by Gasteiger charge is 2.53. The van der Waals surface area contributed by atoms with Crippen LogP contribution in [0.1, 0.15) is 155 Å². The third-order valence-electron chi connectivity index (χ3n) is 20.2. The number of cyclic esters (lactones) is 2. The number of carbonyl (C=O) groups is 3. The van der Waals surface area contributed by atoms with Crippen molar-refractivity contribution in [3.8, 4) is 0 Å². The number of hydrogen-bond acceptors (Lipinski definition) is 23. The molecule has 1 aromatic carbocycles. The lowest BCUT2D eigenvalue weighted by Crippen LogP contribution is -2.60. The fourth-order valence-corrected chi connectivity index (χ4v) is 14.3. The summed E-state index contributed by atoms with van der Waals surface area (Å²) in [5, 5.41) is 118. The number of amides is 1. The number of rotatable bonds is 12. The second-order valence-corrected chi connectivity index (χ2v) is 28.6. The molecule has 0 aliphatic carbocycles. The summed E-state index contributed by atoms with van der Waals surface area (Å²) in [5.74, 6) is -5.95. The molecular weight excluding hydrogens is 1180 g/mol. The molecule has 4 aliphatic rings. The second kappa shape index (κ2) is 34.2. The van der Waals surface area contributed by atoms with E-state index in [0.717, 1.165) is 5.56 Å². The van der Waals surface area contributed by atoms with Crippen molar-refractivity contribution in [2.45, 2.75) is 288 Å². The lowest BCUT2D eigenvalue weighted by molar-refractivity contribution is -0.299. The summed E-state index contributed by atoms with van der Waals surface area (Å²) in [5.41, 5.74) is -5.72. The smallest absolute Gasteiger partial charge is 0.311 e. The molecule has 5 rings (SSSR count). The number of carbonyl (C=O) groups excluding carboxylic acids is 3. The molecule has 4 heterocycles. The molecular formula is C67H120N4O20. The van der Waals surface area contributed by atoms with Gasteiger partial charge in [0, 0.05) is 50.1 Å². The van der Waals surface area contributed by atoms with Gasteiger partial charge in [0.05, 0.1) is 72.3 Å². The van der Waals surface area contributed by atoms with Crippen LogP contribution in [0.25, 0.3) is 0 Å². The van der Waals surface area contributed by atoms with E-state index in [0.29, 0.717) is 25.9 Å². The van der Waals surface area contributed by atoms with Crippen LogP contribution in [0.4, 0.5) is 0 Å². The molecule has 0 unspecified atom stereocenters. The Morgan fingerprint density at radius 1 is 0.626 bits per heavy atom. The Kier molecular flexibility index (Phi) is 30.2. The summed E-state index contributed by atoms with van der Waals surface area (Å²) >= 11 is 0. The fourth-order valence-electron chi connectivity index (χ4n) is 14.3. The number of aliphatic hydroxyl groups is 10. The molecule has 24 nitrogen and oxygen atoms in total. The molecule has 1 aromatic rings. The highest BCUT2D eigenvalue weighted by molar-refractivity contribution is 5.77. The van der Waals surface area contributed by atoms with Crippen LogP contribution >= 0.6 is 0 Å². The molecule has 0 saturated carbocycles. The average Bonchev–Trinajstić information content (AvgIpc) is 1.68. The van der Waals surface area contributed by atoms with Gasteiger partial charge in [-0.3, -0.25) is 14.4 Å². The monoisotopic (exact) mass is 1300 g/mol. The summed E-state index contributed by atoms with van der Waals surface area (Å²) in [7, 11) is 6.98. The largest absolute Gasteiger partial charge is 0.459 e. The zero-order chi connectivity index (χ0) is 69.2. The lowest BCUT2D eigenvalue weighted by atomic mass is 9.78. The number of benzene rings is 1. The van der Waals surface area contributed by atoms with Crippen molar-refractivity contribution in [3.63, 3.8) is 0 Å². The molecule has 28 atom stereocenters. The first-order valence-corrected chi connectivity index (χ1v) is 33.1. The van der Waals surface area contributed by atoms with Crippen LogP contribution in [0, 0.1) is 35.5 Å². The minimum atomic E-state index is -1.79. The predicted molar refractivity (Wildman–Crippen MR) is 340 cm³/mol. The van der Waals surface area contributed by atoms with Gasteiger partial charge in [0.25, 0.3) is 0 Å². The maximum atomic E-state index is 13.5. The standard InChI is InChI=1S/C38H64N2O11.C29H56N2O9/c1-11-29-38(8,47)33(44)26(6)39(9)19-22(2)18-37(7,46)34(24(4)31(42)25(5)35(45)50-29)51-36-32(43)28(17-23(3)49-36)40(10)30(41)21-48-20-27-15-13-12-14-16-27;1-11-21-29(8,37)24(34)19(6)31(10)14-15(2)13-28(7,36)25(17(4)22(32)18(5)26(35)39-21)40-27-23(33)20(30-9)12-16(3)38-27/h12-16,22-26,28-29,31-34,36,42-44,46-47H,11,17-21H2,1-10H3;15-25,27,30,32-34,36-37H,11-14H2,1-10H3/t22-,23-,24+,25-,26-,28+,29-,31+,32-,33-,34-,36+,37-,38-;15-,16-,17+,18-,19-,20+,21-,22+,23-,24-,25-,27+,28-,29-/m11/s1. The Bertz CT molecular complexity index is 2370. The van der Waals surface area contributed by atoms with E-state index >= 15 is 0 Å². The maximum absolute atomic E-state index is 13.5. The molecule has 528 valence electrons. The minimum absolute atomic E-state index is 0.0985. The molecule has 0 bridgehead atoms. The summed E-state index contributed by atoms with van der Waals surface area (Å²) in [6.45, 7) is 28.1. The Balaban J connectivity index is 0.000000400. The quantitative estimate of drug-likeness (QED) is 0.134. The van der Waals surface area contributed by atoms with Crippen LogP contribution in [0.3, 0.4) is 0 Å². The number of hydrogen-bond donors (Lipinski definition) is 11. The highest BCUT2D eigenvalue weighted by atomic mass is 16.7. The van der Waals surface area contributed by atoms with E-state index in [1.54, 1.807) is 83.5 Å². The predicted octanol–water partition coefficient (Wildman–Crippen LogP) is 2.72. The summed E-state index contributed by atoms with van der Waals surface area (Å²) in [4.78, 5) is 45.1. The van der Waals surface area contributed by atoms with Crippen molar-refractivity contribution in [1.29, 1.82) is 0 Å². The third-order valence-corrected chi connectivity index (χ3v) is 20.2. The average molecular weight is 1300 g/mol. The summed E-state index contributed by atoms with van der Waals surface area (Å²) < 4.78 is 41.9. The van der Waals surface area contributed by atoms with Gasteiger partial charge < -0.3 is 104 Å². The van der Waals surface area contributed by atoms with Gasteiger partial charge in [-0.25, -0.2) is 0 Å². The third kappa shape index (κ3) is 20.5. The highest BCUT2D eigenvalue weighted by Crippen LogP contribution is 2.39. The number of nitrogens with zero attached hydrogens (tertiary/aromatic N) is 3. The number of esters is 2. The first-order chi connectivity index (χ1) is 42.1. The van der Waals surface area contributed by atoms with E-state index < -0.39 is 156 Å². The summed E-state index contributed by atoms with van der Waals surface area (Å²) in [6, 6.07) is 7.45. The van der Waals surface area contributed by atoms with Gasteiger partial charge in [0.2, 0.25) is 5.91 Å². The van der Waals surface area contributed by atoms with Gasteiger partial charge in [-0.2, -0.15) is 0 Å². The zero-order valence-electron chi connectivity index (χ0n) is 58.2. The SMILES string of the molecule is CC[C@H]1OC(=O)[C@H](C)[C@@H](O)[C@H](C)[C@@H](O[C@@H]2O[C@H](C)C[C@H](N(C)C(=O)COCc3ccccc3)[C@H]2O)[C@](C)(O)C[C@@H](C)CN(C)[C@H](C)[C@@H](O)[C@]1(C)O.CC[C@H]1OC(=O)[C@H](C)[C@@H](O)[C@H](C)[C@@H](O[C@@H]2O[C@H](C)C[C@H](NC)[C@H]2O)[C@](C)(O)C[C@@H](C)CN(C)[C@H](C)[C@@H](O)[C@]1(C)O. The minimum Gasteiger partial charge on any atom is -0.459 e. The van der Waals surface area contributed by atoms with Crippen molar-refractivity contribution in [2.24, 2.45) is 35.5 Å². The second-order valence-electron chi connectivity index (χ2n) is 28.6. The maximum Gasteiger partial charge on any atom is 0.311 e. The van der Waals surface area contributed by atoms with E-state index in [1.807, 2.05) is 68.0 Å². The first-order valence-electron chi connectivity index (χ1n) is 33.1.